The van der Waals surface area contributed by atoms with Crippen LogP contribution in [0.4, 0.5) is 4.79 Å². The van der Waals surface area contributed by atoms with Gasteiger partial charge in [-0.2, -0.15) is 0 Å². The smallest absolute Gasteiger partial charge is 0.317 e. The Kier molecular flexibility index (Phi) is 5.03. The van der Waals surface area contributed by atoms with Crippen LogP contribution in [0, 0.1) is 0 Å². The highest BCUT2D eigenvalue weighted by atomic mass is 16.3. The molecule has 1 unspecified atom stereocenters. The average molecular weight is 281 g/mol. The number of amides is 2. The van der Waals surface area contributed by atoms with Crippen molar-refractivity contribution in [2.24, 2.45) is 0 Å². The zero-order valence-electron chi connectivity index (χ0n) is 12.1. The summed E-state index contributed by atoms with van der Waals surface area (Å²) in [5, 5.41) is 12.0. The van der Waals surface area contributed by atoms with Crippen molar-refractivity contribution < 1.29 is 14.3 Å². The predicted octanol–water partition coefficient (Wildman–Crippen LogP) is 1.05. The van der Waals surface area contributed by atoms with Crippen molar-refractivity contribution in [2.75, 3.05) is 33.8 Å². The minimum absolute atomic E-state index is 0.000781. The van der Waals surface area contributed by atoms with Crippen molar-refractivity contribution >= 4 is 6.03 Å². The first-order chi connectivity index (χ1) is 9.63. The quantitative estimate of drug-likeness (QED) is 0.784. The molecule has 0 aromatic carbocycles. The van der Waals surface area contributed by atoms with Gasteiger partial charge in [0, 0.05) is 19.1 Å². The lowest BCUT2D eigenvalue weighted by Crippen LogP contribution is -2.45. The second-order valence-corrected chi connectivity index (χ2v) is 5.33. The van der Waals surface area contributed by atoms with Crippen molar-refractivity contribution in [3.8, 4) is 0 Å². The second-order valence-electron chi connectivity index (χ2n) is 5.33. The molecule has 0 spiro atoms. The molecule has 2 N–H and O–H groups in total. The van der Waals surface area contributed by atoms with E-state index in [9.17, 15) is 4.79 Å². The van der Waals surface area contributed by atoms with Crippen LogP contribution in [0.25, 0.3) is 0 Å². The third kappa shape index (κ3) is 3.74. The van der Waals surface area contributed by atoms with Gasteiger partial charge in [-0.05, 0) is 39.1 Å². The van der Waals surface area contributed by atoms with Crippen molar-refractivity contribution in [3.05, 3.63) is 24.2 Å². The van der Waals surface area contributed by atoms with E-state index in [0.29, 0.717) is 19.1 Å². The Balaban J connectivity index is 1.90. The van der Waals surface area contributed by atoms with Crippen LogP contribution in [-0.4, -0.2) is 60.8 Å². The van der Waals surface area contributed by atoms with Crippen molar-refractivity contribution in [3.63, 3.8) is 0 Å². The van der Waals surface area contributed by atoms with Gasteiger partial charge in [-0.15, -0.1) is 0 Å². The molecule has 6 heteroatoms. The number of aliphatic hydroxyl groups is 1. The monoisotopic (exact) mass is 281 g/mol. The number of hydrogen-bond acceptors (Lipinski definition) is 4. The third-order valence-electron chi connectivity index (χ3n) is 3.53. The average Bonchev–Trinajstić information content (AvgIpc) is 3.11. The Labute approximate surface area is 119 Å². The van der Waals surface area contributed by atoms with Gasteiger partial charge in [0.25, 0.3) is 0 Å². The molecule has 1 atom stereocenters. The van der Waals surface area contributed by atoms with E-state index in [1.54, 1.807) is 11.2 Å². The number of carbonyl (C=O) groups is 1. The molecule has 112 valence electrons. The highest BCUT2D eigenvalue weighted by Crippen LogP contribution is 2.26. The molecule has 1 heterocycles. The molecule has 1 aliphatic carbocycles. The van der Waals surface area contributed by atoms with Gasteiger partial charge < -0.3 is 19.7 Å². The summed E-state index contributed by atoms with van der Waals surface area (Å²) in [6, 6.07) is 3.94. The number of aliphatic hydroxyl groups excluding tert-OH is 1. The maximum atomic E-state index is 12.2. The number of urea groups is 1. The fourth-order valence-electron chi connectivity index (χ4n) is 2.25. The SMILES string of the molecule is CN(C)C(CNC(=O)N(CCO)C1CC1)c1ccco1. The number of hydrogen-bond donors (Lipinski definition) is 2. The Morgan fingerprint density at radius 2 is 2.30 bits per heavy atom. The summed E-state index contributed by atoms with van der Waals surface area (Å²) < 4.78 is 5.41. The van der Waals surface area contributed by atoms with Crippen molar-refractivity contribution in [1.29, 1.82) is 0 Å². The van der Waals surface area contributed by atoms with Gasteiger partial charge in [-0.1, -0.05) is 0 Å². The van der Waals surface area contributed by atoms with Gasteiger partial charge in [0.05, 0.1) is 18.9 Å². The molecule has 0 bridgehead atoms. The molecule has 1 fully saturated rings. The second kappa shape index (κ2) is 6.76. The highest BCUT2D eigenvalue weighted by molar-refractivity contribution is 5.75. The minimum atomic E-state index is -0.111. The highest BCUT2D eigenvalue weighted by Gasteiger charge is 2.32. The van der Waals surface area contributed by atoms with E-state index in [0.717, 1.165) is 18.6 Å². The van der Waals surface area contributed by atoms with Crippen molar-refractivity contribution in [2.45, 2.75) is 24.9 Å². The topological polar surface area (TPSA) is 69.0 Å². The van der Waals surface area contributed by atoms with Gasteiger partial charge in [0.2, 0.25) is 0 Å². The van der Waals surface area contributed by atoms with E-state index < -0.39 is 0 Å². The fourth-order valence-corrected chi connectivity index (χ4v) is 2.25. The molecule has 20 heavy (non-hydrogen) atoms. The van der Waals surface area contributed by atoms with E-state index in [4.69, 9.17) is 9.52 Å². The molecule has 6 nitrogen and oxygen atoms in total. The van der Waals surface area contributed by atoms with Crippen molar-refractivity contribution in [1.82, 2.24) is 15.1 Å². The van der Waals surface area contributed by atoms with Gasteiger partial charge in [0.1, 0.15) is 5.76 Å². The first-order valence-corrected chi connectivity index (χ1v) is 6.98. The molecular formula is C14H23N3O3. The number of furan rings is 1. The van der Waals surface area contributed by atoms with Crippen LogP contribution in [0.2, 0.25) is 0 Å². The standard InChI is InChI=1S/C14H23N3O3/c1-16(2)12(13-4-3-9-20-13)10-15-14(19)17(7-8-18)11-5-6-11/h3-4,9,11-12,18H,5-8,10H2,1-2H3,(H,15,19). The summed E-state index contributed by atoms with van der Waals surface area (Å²) in [5.41, 5.74) is 0. The fraction of sp³-hybridized carbons (Fsp3) is 0.643. The lowest BCUT2D eigenvalue weighted by molar-refractivity contribution is 0.168. The molecule has 2 amide bonds. The summed E-state index contributed by atoms with van der Waals surface area (Å²) in [6.07, 6.45) is 3.70. The zero-order valence-corrected chi connectivity index (χ0v) is 12.1. The minimum Gasteiger partial charge on any atom is -0.468 e. The van der Waals surface area contributed by atoms with Crippen LogP contribution in [0.3, 0.4) is 0 Å². The predicted molar refractivity (Wildman–Crippen MR) is 75.3 cm³/mol. The van der Waals surface area contributed by atoms with Gasteiger partial charge >= 0.3 is 6.03 Å². The summed E-state index contributed by atoms with van der Waals surface area (Å²) >= 11 is 0. The first kappa shape index (κ1) is 14.9. The largest absolute Gasteiger partial charge is 0.468 e. The summed E-state index contributed by atoms with van der Waals surface area (Å²) in [5.74, 6) is 0.829. The number of rotatable bonds is 7. The maximum Gasteiger partial charge on any atom is 0.317 e. The van der Waals surface area contributed by atoms with E-state index in [1.165, 1.54) is 0 Å². The molecular weight excluding hydrogens is 258 g/mol. The molecule has 1 aromatic rings. The first-order valence-electron chi connectivity index (χ1n) is 6.98. The Morgan fingerprint density at radius 3 is 2.80 bits per heavy atom. The van der Waals surface area contributed by atoms with E-state index in [-0.39, 0.29) is 18.7 Å². The van der Waals surface area contributed by atoms with Gasteiger partial charge in [-0.3, -0.25) is 4.90 Å². The lowest BCUT2D eigenvalue weighted by atomic mass is 10.2. The summed E-state index contributed by atoms with van der Waals surface area (Å²) in [4.78, 5) is 15.9. The Hall–Kier alpha value is -1.53. The third-order valence-corrected chi connectivity index (χ3v) is 3.53. The van der Waals surface area contributed by atoms with Crippen LogP contribution in [0.1, 0.15) is 24.6 Å². The molecule has 1 saturated carbocycles. The van der Waals surface area contributed by atoms with Crippen LogP contribution < -0.4 is 5.32 Å². The molecule has 0 saturated heterocycles. The number of nitrogens with one attached hydrogen (secondary N) is 1. The number of likely N-dealkylation sites (N-methyl/N-ethyl adjacent to an activating group) is 1. The maximum absolute atomic E-state index is 12.2. The molecule has 1 aliphatic rings. The van der Waals surface area contributed by atoms with Crippen LogP contribution in [-0.2, 0) is 0 Å². The molecule has 0 radical (unpaired) electrons. The van der Waals surface area contributed by atoms with Crippen LogP contribution in [0.5, 0.6) is 0 Å². The lowest BCUT2D eigenvalue weighted by Gasteiger charge is -2.26. The molecule has 0 aliphatic heterocycles. The van der Waals surface area contributed by atoms with E-state index in [1.807, 2.05) is 31.1 Å². The van der Waals surface area contributed by atoms with Gasteiger partial charge in [-0.25, -0.2) is 4.79 Å². The Bertz CT molecular complexity index is 415. The normalized spacial score (nSPS) is 16.2. The van der Waals surface area contributed by atoms with Crippen LogP contribution in [0.15, 0.2) is 22.8 Å². The number of carbonyl (C=O) groups excluding carboxylic acids is 1. The summed E-state index contributed by atoms with van der Waals surface area (Å²) in [6.45, 7) is 0.872. The van der Waals surface area contributed by atoms with E-state index >= 15 is 0 Å². The molecule has 2 rings (SSSR count). The molecule has 1 aromatic heterocycles. The number of nitrogens with zero attached hydrogens (tertiary/aromatic N) is 2. The van der Waals surface area contributed by atoms with E-state index in [2.05, 4.69) is 5.32 Å². The summed E-state index contributed by atoms with van der Waals surface area (Å²) in [7, 11) is 3.90. The Morgan fingerprint density at radius 1 is 1.55 bits per heavy atom. The van der Waals surface area contributed by atoms with Gasteiger partial charge in [0.15, 0.2) is 0 Å². The zero-order chi connectivity index (χ0) is 14.5. The van der Waals surface area contributed by atoms with Crippen LogP contribution >= 0.6 is 0 Å².